The third-order valence-corrected chi connectivity index (χ3v) is 5.99. The average molecular weight is 456 g/mol. The summed E-state index contributed by atoms with van der Waals surface area (Å²) in [5.41, 5.74) is 4.28. The molecule has 0 amide bonds. The first-order valence-electron chi connectivity index (χ1n) is 10.7. The predicted octanol–water partition coefficient (Wildman–Crippen LogP) is 4.79. The van der Waals surface area contributed by atoms with Gasteiger partial charge in [0.2, 0.25) is 0 Å². The molecule has 2 N–H and O–H groups in total. The van der Waals surface area contributed by atoms with E-state index in [-0.39, 0.29) is 18.8 Å². The van der Waals surface area contributed by atoms with Crippen LogP contribution in [0.1, 0.15) is 26.0 Å². The van der Waals surface area contributed by atoms with Gasteiger partial charge in [-0.05, 0) is 36.4 Å². The first-order chi connectivity index (χ1) is 16.3. The molecule has 0 aliphatic carbocycles. The molecule has 3 aromatic heterocycles. The van der Waals surface area contributed by atoms with Crippen LogP contribution in [0.4, 0.5) is 4.39 Å². The Morgan fingerprint density at radius 2 is 2.00 bits per heavy atom. The maximum absolute atomic E-state index is 13.8. The highest BCUT2D eigenvalue weighted by Gasteiger charge is 2.32. The van der Waals surface area contributed by atoms with E-state index in [4.69, 9.17) is 0 Å². The van der Waals surface area contributed by atoms with Crippen molar-refractivity contribution in [1.29, 1.82) is 5.26 Å². The molecule has 0 fully saturated rings. The molecular weight excluding hydrogens is 435 g/mol. The number of carbonyl (C=O) groups is 1. The number of H-pyrrole nitrogens is 1. The van der Waals surface area contributed by atoms with Crippen LogP contribution < -0.4 is 0 Å². The first-order valence-corrected chi connectivity index (χ1v) is 10.7. The minimum atomic E-state index is -0.993. The molecule has 8 nitrogen and oxygen atoms in total. The van der Waals surface area contributed by atoms with Crippen LogP contribution >= 0.6 is 0 Å². The summed E-state index contributed by atoms with van der Waals surface area (Å²) in [6.07, 6.45) is 5.30. The van der Waals surface area contributed by atoms with E-state index < -0.39 is 11.4 Å². The average Bonchev–Trinajstić information content (AvgIpc) is 3.49. The molecule has 0 saturated heterocycles. The summed E-state index contributed by atoms with van der Waals surface area (Å²) < 4.78 is 17.2. The van der Waals surface area contributed by atoms with Gasteiger partial charge in [-0.2, -0.15) is 15.5 Å². The second kappa shape index (κ2) is 7.85. The number of halogens is 1. The number of fused-ring (bicyclic) bond motifs is 2. The second-order valence-corrected chi connectivity index (χ2v) is 8.90. The summed E-state index contributed by atoms with van der Waals surface area (Å²) >= 11 is 0. The number of carboxylic acids is 1. The van der Waals surface area contributed by atoms with Gasteiger partial charge in [-0.25, -0.2) is 4.39 Å². The number of nitrogens with zero attached hydrogens (tertiary/aromatic N) is 5. The smallest absolute Gasteiger partial charge is 0.325 e. The Balaban J connectivity index is 1.92. The van der Waals surface area contributed by atoms with Crippen molar-refractivity contribution >= 4 is 27.8 Å². The number of hydrogen-bond acceptors (Lipinski definition) is 4. The van der Waals surface area contributed by atoms with Crippen LogP contribution in [-0.4, -0.2) is 35.6 Å². The number of benzene rings is 2. The lowest BCUT2D eigenvalue weighted by molar-refractivity contribution is -0.137. The fourth-order valence-corrected chi connectivity index (χ4v) is 4.52. The van der Waals surface area contributed by atoms with Gasteiger partial charge >= 0.3 is 5.97 Å². The Labute approximate surface area is 193 Å². The molecule has 5 rings (SSSR count). The number of nitrogens with one attached hydrogen (secondary N) is 1. The van der Waals surface area contributed by atoms with Gasteiger partial charge in [-0.1, -0.05) is 13.8 Å². The molecule has 0 bridgehead atoms. The molecule has 0 spiro atoms. The Kier molecular flexibility index (Phi) is 4.94. The van der Waals surface area contributed by atoms with Gasteiger partial charge in [0.05, 0.1) is 29.5 Å². The predicted molar refractivity (Wildman–Crippen MR) is 125 cm³/mol. The highest BCUT2D eigenvalue weighted by molar-refractivity contribution is 6.05. The number of carboxylic acid groups (broad SMARTS) is 1. The zero-order valence-corrected chi connectivity index (χ0v) is 18.6. The van der Waals surface area contributed by atoms with E-state index in [9.17, 15) is 19.6 Å². The Bertz CT molecular complexity index is 1580. The van der Waals surface area contributed by atoms with E-state index in [1.807, 2.05) is 30.5 Å². The van der Waals surface area contributed by atoms with Gasteiger partial charge in [-0.3, -0.25) is 14.6 Å². The second-order valence-electron chi connectivity index (χ2n) is 8.90. The van der Waals surface area contributed by atoms with Gasteiger partial charge in [-0.15, -0.1) is 0 Å². The third-order valence-electron chi connectivity index (χ3n) is 5.99. The quantitative estimate of drug-likeness (QED) is 0.382. The van der Waals surface area contributed by atoms with Crippen LogP contribution in [0.5, 0.6) is 0 Å². The van der Waals surface area contributed by atoms with Crippen molar-refractivity contribution in [2.24, 2.45) is 0 Å². The van der Waals surface area contributed by atoms with Crippen LogP contribution in [0.2, 0.25) is 0 Å². The number of nitriles is 1. The minimum Gasteiger partial charge on any atom is -0.480 e. The number of hydrogen-bond donors (Lipinski definition) is 2. The minimum absolute atomic E-state index is 0.236. The standard InChI is InChI=1S/C25H21FN6O2/c1-25(2,7-8-27)24-23(16-12-29-31(13-16)14-22(33)34)19-10-20-15(11-28-30-20)9-21(19)32(24)18-5-3-17(26)4-6-18/h3-6,9-13H,7,14H2,1-2H3,(H,28,30)(H,33,34). The normalized spacial score (nSPS) is 11.8. The SMILES string of the molecule is CC(C)(CC#N)c1c(-c2cnn(CC(=O)O)c2)c2cc3[nH]ncc3cc2n1-c1ccc(F)cc1. The number of aromatic amines is 1. The lowest BCUT2D eigenvalue weighted by atomic mass is 9.82. The van der Waals surface area contributed by atoms with Crippen LogP contribution in [0.15, 0.2) is 55.0 Å². The van der Waals surface area contributed by atoms with Crippen LogP contribution in [0.25, 0.3) is 38.6 Å². The summed E-state index contributed by atoms with van der Waals surface area (Å²) in [5, 5.41) is 32.0. The summed E-state index contributed by atoms with van der Waals surface area (Å²) in [6.45, 7) is 3.71. The Hall–Kier alpha value is -4.45. The van der Waals surface area contributed by atoms with Gasteiger partial charge in [0.25, 0.3) is 0 Å². The van der Waals surface area contributed by atoms with E-state index in [0.717, 1.165) is 44.3 Å². The lowest BCUT2D eigenvalue weighted by Crippen LogP contribution is -2.21. The summed E-state index contributed by atoms with van der Waals surface area (Å²) in [7, 11) is 0. The van der Waals surface area contributed by atoms with E-state index in [0.29, 0.717) is 0 Å². The van der Waals surface area contributed by atoms with Crippen LogP contribution in [-0.2, 0) is 16.8 Å². The van der Waals surface area contributed by atoms with Crippen molar-refractivity contribution in [2.45, 2.75) is 32.2 Å². The fraction of sp³-hybridized carbons (Fsp3) is 0.200. The van der Waals surface area contributed by atoms with Gasteiger partial charge in [0.15, 0.2) is 0 Å². The molecule has 5 aromatic rings. The molecule has 0 radical (unpaired) electrons. The maximum Gasteiger partial charge on any atom is 0.325 e. The highest BCUT2D eigenvalue weighted by atomic mass is 19.1. The van der Waals surface area contributed by atoms with Crippen LogP contribution in [0.3, 0.4) is 0 Å². The zero-order chi connectivity index (χ0) is 24.0. The van der Waals surface area contributed by atoms with E-state index in [2.05, 4.69) is 21.4 Å². The van der Waals surface area contributed by atoms with E-state index in [1.165, 1.54) is 16.8 Å². The summed E-state index contributed by atoms with van der Waals surface area (Å²) in [4.78, 5) is 11.2. The molecule has 0 aliphatic rings. The third kappa shape index (κ3) is 3.49. The van der Waals surface area contributed by atoms with E-state index in [1.54, 1.807) is 30.7 Å². The van der Waals surface area contributed by atoms with Crippen molar-refractivity contribution in [1.82, 2.24) is 24.5 Å². The zero-order valence-electron chi connectivity index (χ0n) is 18.6. The largest absolute Gasteiger partial charge is 0.480 e. The molecule has 34 heavy (non-hydrogen) atoms. The summed E-state index contributed by atoms with van der Waals surface area (Å²) in [6, 6.07) is 12.5. The highest BCUT2D eigenvalue weighted by Crippen LogP contribution is 2.44. The van der Waals surface area contributed by atoms with Crippen molar-refractivity contribution in [3.05, 3.63) is 66.5 Å². The topological polar surface area (TPSA) is 113 Å². The molecule has 2 aromatic carbocycles. The fourth-order valence-electron chi connectivity index (χ4n) is 4.52. The molecule has 0 saturated carbocycles. The molecular formula is C25H21FN6O2. The van der Waals surface area contributed by atoms with Gasteiger partial charge < -0.3 is 9.67 Å². The van der Waals surface area contributed by atoms with E-state index >= 15 is 0 Å². The monoisotopic (exact) mass is 456 g/mol. The Morgan fingerprint density at radius 3 is 2.71 bits per heavy atom. The molecule has 170 valence electrons. The van der Waals surface area contributed by atoms with Gasteiger partial charge in [0.1, 0.15) is 12.4 Å². The molecule has 0 aliphatic heterocycles. The van der Waals surface area contributed by atoms with Crippen molar-refractivity contribution in [3.63, 3.8) is 0 Å². The van der Waals surface area contributed by atoms with Gasteiger partial charge in [0, 0.05) is 51.3 Å². The molecule has 9 heteroatoms. The number of aliphatic carboxylic acids is 1. The maximum atomic E-state index is 13.8. The van der Waals surface area contributed by atoms with Crippen molar-refractivity contribution in [2.75, 3.05) is 0 Å². The number of aromatic nitrogens is 5. The lowest BCUT2D eigenvalue weighted by Gasteiger charge is -2.26. The number of rotatable bonds is 6. The van der Waals surface area contributed by atoms with Crippen LogP contribution in [0, 0.1) is 17.1 Å². The molecule has 3 heterocycles. The van der Waals surface area contributed by atoms with Crippen molar-refractivity contribution in [3.8, 4) is 22.9 Å². The summed E-state index contributed by atoms with van der Waals surface area (Å²) in [5.74, 6) is -1.34. The molecule has 0 unspecified atom stereocenters. The Morgan fingerprint density at radius 1 is 1.24 bits per heavy atom. The first kappa shape index (κ1) is 21.4. The van der Waals surface area contributed by atoms with Crippen molar-refractivity contribution < 1.29 is 14.3 Å². The molecule has 0 atom stereocenters.